The first kappa shape index (κ1) is 11.8. The van der Waals surface area contributed by atoms with Gasteiger partial charge in [0, 0.05) is 31.0 Å². The summed E-state index contributed by atoms with van der Waals surface area (Å²) in [6.45, 7) is 1.89. The van der Waals surface area contributed by atoms with Gasteiger partial charge in [-0.2, -0.15) is 0 Å². The van der Waals surface area contributed by atoms with Crippen LogP contribution in [0.25, 0.3) is 0 Å². The summed E-state index contributed by atoms with van der Waals surface area (Å²) in [5, 5.41) is 6.98. The second-order valence-electron chi connectivity index (χ2n) is 4.84. The second kappa shape index (κ2) is 4.46. The second-order valence-corrected chi connectivity index (χ2v) is 4.84. The van der Waals surface area contributed by atoms with Gasteiger partial charge in [-0.1, -0.05) is 0 Å². The Morgan fingerprint density at radius 2 is 2.26 bits per heavy atom. The summed E-state index contributed by atoms with van der Waals surface area (Å²) < 4.78 is 1.70. The van der Waals surface area contributed by atoms with Crippen LogP contribution in [0, 0.1) is 6.92 Å². The zero-order chi connectivity index (χ0) is 13.4. The van der Waals surface area contributed by atoms with Crippen molar-refractivity contribution < 1.29 is 4.79 Å². The lowest BCUT2D eigenvalue weighted by Gasteiger charge is -2.04. The first-order valence-corrected chi connectivity index (χ1v) is 6.28. The summed E-state index contributed by atoms with van der Waals surface area (Å²) in [7, 11) is 1.83. The number of anilines is 1. The third-order valence-electron chi connectivity index (χ3n) is 3.21. The lowest BCUT2D eigenvalue weighted by Crippen LogP contribution is -2.15. The molecule has 0 unspecified atom stereocenters. The number of pyridine rings is 1. The average Bonchev–Trinajstić information content (AvgIpc) is 3.15. The van der Waals surface area contributed by atoms with Crippen LogP contribution in [-0.4, -0.2) is 25.7 Å². The number of aryl methyl sites for hydroxylation is 2. The number of carbonyl (C=O) groups excluding carboxylic acids is 1. The lowest BCUT2D eigenvalue weighted by atomic mass is 10.2. The molecule has 1 aliphatic carbocycles. The van der Waals surface area contributed by atoms with Crippen LogP contribution < -0.4 is 5.32 Å². The monoisotopic (exact) mass is 257 g/mol. The van der Waals surface area contributed by atoms with Crippen molar-refractivity contribution in [2.45, 2.75) is 25.7 Å². The predicted molar refractivity (Wildman–Crippen MR) is 69.9 cm³/mol. The number of hydrogen-bond donors (Lipinski definition) is 1. The van der Waals surface area contributed by atoms with E-state index >= 15 is 0 Å². The van der Waals surface area contributed by atoms with Gasteiger partial charge in [-0.3, -0.25) is 14.5 Å². The SMILES string of the molecule is Cc1cnccc1NC(=O)c1nc(C2CC2)n(C)n1. The molecular formula is C13H15N5O. The Hall–Kier alpha value is -2.24. The highest BCUT2D eigenvalue weighted by molar-refractivity contribution is 6.01. The first-order chi connectivity index (χ1) is 9.15. The number of hydrogen-bond acceptors (Lipinski definition) is 4. The summed E-state index contributed by atoms with van der Waals surface area (Å²) >= 11 is 0. The van der Waals surface area contributed by atoms with Crippen LogP contribution in [0.15, 0.2) is 18.5 Å². The fourth-order valence-corrected chi connectivity index (χ4v) is 1.98. The van der Waals surface area contributed by atoms with Crippen molar-refractivity contribution in [2.24, 2.45) is 7.05 Å². The van der Waals surface area contributed by atoms with Gasteiger partial charge in [-0.05, 0) is 31.4 Å². The number of carbonyl (C=O) groups is 1. The molecule has 1 amide bonds. The molecule has 0 atom stereocenters. The fourth-order valence-electron chi connectivity index (χ4n) is 1.98. The van der Waals surface area contributed by atoms with Gasteiger partial charge in [0.15, 0.2) is 0 Å². The van der Waals surface area contributed by atoms with Gasteiger partial charge < -0.3 is 5.32 Å². The Kier molecular flexibility index (Phi) is 2.77. The van der Waals surface area contributed by atoms with E-state index in [1.807, 2.05) is 14.0 Å². The highest BCUT2D eigenvalue weighted by atomic mass is 16.2. The molecule has 1 N–H and O–H groups in total. The van der Waals surface area contributed by atoms with Gasteiger partial charge in [0.05, 0.1) is 0 Å². The fraction of sp³-hybridized carbons (Fsp3) is 0.385. The minimum absolute atomic E-state index is 0.223. The molecule has 1 fully saturated rings. The normalized spacial score (nSPS) is 14.4. The maximum absolute atomic E-state index is 12.1. The van der Waals surface area contributed by atoms with E-state index < -0.39 is 0 Å². The Labute approximate surface area is 110 Å². The third kappa shape index (κ3) is 2.33. The van der Waals surface area contributed by atoms with Crippen LogP contribution in [0.4, 0.5) is 5.69 Å². The quantitative estimate of drug-likeness (QED) is 0.907. The zero-order valence-electron chi connectivity index (χ0n) is 10.9. The van der Waals surface area contributed by atoms with E-state index in [-0.39, 0.29) is 11.7 Å². The van der Waals surface area contributed by atoms with E-state index in [1.54, 1.807) is 23.1 Å². The molecular weight excluding hydrogens is 242 g/mol. The molecule has 1 saturated carbocycles. The van der Waals surface area contributed by atoms with Crippen molar-refractivity contribution in [1.29, 1.82) is 0 Å². The highest BCUT2D eigenvalue weighted by Gasteiger charge is 2.30. The minimum Gasteiger partial charge on any atom is -0.319 e. The Morgan fingerprint density at radius 1 is 1.47 bits per heavy atom. The molecule has 19 heavy (non-hydrogen) atoms. The molecule has 1 aliphatic rings. The number of rotatable bonds is 3. The van der Waals surface area contributed by atoms with Crippen LogP contribution in [0.1, 0.15) is 40.8 Å². The van der Waals surface area contributed by atoms with E-state index in [2.05, 4.69) is 20.4 Å². The van der Waals surface area contributed by atoms with Gasteiger partial charge in [0.25, 0.3) is 5.91 Å². The van der Waals surface area contributed by atoms with Crippen molar-refractivity contribution in [1.82, 2.24) is 19.7 Å². The summed E-state index contributed by atoms with van der Waals surface area (Å²) in [6.07, 6.45) is 5.62. The molecule has 0 aliphatic heterocycles. The smallest absolute Gasteiger partial charge is 0.295 e. The topological polar surface area (TPSA) is 72.7 Å². The largest absolute Gasteiger partial charge is 0.319 e. The highest BCUT2D eigenvalue weighted by Crippen LogP contribution is 2.38. The van der Waals surface area contributed by atoms with Crippen LogP contribution >= 0.6 is 0 Å². The summed E-state index contributed by atoms with van der Waals surface area (Å²) in [5.41, 5.74) is 1.65. The maximum Gasteiger partial charge on any atom is 0.295 e. The molecule has 6 nitrogen and oxygen atoms in total. The Balaban J connectivity index is 1.80. The molecule has 2 aromatic heterocycles. The van der Waals surface area contributed by atoms with E-state index in [0.717, 1.165) is 29.9 Å². The zero-order valence-corrected chi connectivity index (χ0v) is 10.9. The number of nitrogens with one attached hydrogen (secondary N) is 1. The molecule has 6 heteroatoms. The summed E-state index contributed by atoms with van der Waals surface area (Å²) in [6, 6.07) is 1.76. The molecule has 0 spiro atoms. The van der Waals surface area contributed by atoms with Gasteiger partial charge >= 0.3 is 0 Å². The van der Waals surface area contributed by atoms with Gasteiger partial charge in [-0.15, -0.1) is 5.10 Å². The van der Waals surface area contributed by atoms with Gasteiger partial charge in [-0.25, -0.2) is 4.98 Å². The Bertz CT molecular complexity index is 630. The van der Waals surface area contributed by atoms with Crippen molar-refractivity contribution >= 4 is 11.6 Å². The average molecular weight is 257 g/mol. The van der Waals surface area contributed by atoms with Gasteiger partial charge in [0.2, 0.25) is 5.82 Å². The molecule has 3 rings (SSSR count). The predicted octanol–water partition coefficient (Wildman–Crippen LogP) is 1.65. The van der Waals surface area contributed by atoms with E-state index in [4.69, 9.17) is 0 Å². The van der Waals surface area contributed by atoms with E-state index in [1.165, 1.54) is 0 Å². The molecule has 2 heterocycles. The third-order valence-corrected chi connectivity index (χ3v) is 3.21. The molecule has 0 radical (unpaired) electrons. The lowest BCUT2D eigenvalue weighted by molar-refractivity contribution is 0.101. The minimum atomic E-state index is -0.281. The van der Waals surface area contributed by atoms with Crippen molar-refractivity contribution in [3.8, 4) is 0 Å². The van der Waals surface area contributed by atoms with Crippen molar-refractivity contribution in [3.63, 3.8) is 0 Å². The molecule has 0 bridgehead atoms. The number of nitrogens with zero attached hydrogens (tertiary/aromatic N) is 4. The van der Waals surface area contributed by atoms with Crippen LogP contribution in [0.5, 0.6) is 0 Å². The maximum atomic E-state index is 12.1. The number of aromatic nitrogens is 4. The van der Waals surface area contributed by atoms with E-state index in [0.29, 0.717) is 5.92 Å². The van der Waals surface area contributed by atoms with Crippen LogP contribution in [-0.2, 0) is 7.05 Å². The van der Waals surface area contributed by atoms with Gasteiger partial charge in [0.1, 0.15) is 5.82 Å². The number of amides is 1. The van der Waals surface area contributed by atoms with Crippen molar-refractivity contribution in [2.75, 3.05) is 5.32 Å². The van der Waals surface area contributed by atoms with Crippen molar-refractivity contribution in [3.05, 3.63) is 35.7 Å². The summed E-state index contributed by atoms with van der Waals surface area (Å²) in [5.74, 6) is 1.32. The molecule has 0 aromatic carbocycles. The summed E-state index contributed by atoms with van der Waals surface area (Å²) in [4.78, 5) is 20.4. The molecule has 0 saturated heterocycles. The van der Waals surface area contributed by atoms with Crippen LogP contribution in [0.2, 0.25) is 0 Å². The van der Waals surface area contributed by atoms with E-state index in [9.17, 15) is 4.79 Å². The standard InChI is InChI=1S/C13H15N5O/c1-8-7-14-6-5-10(8)15-13(19)11-16-12(9-3-4-9)18(2)17-11/h5-7,9H,3-4H2,1-2H3,(H,14,15,19). The molecule has 98 valence electrons. The Morgan fingerprint density at radius 3 is 2.95 bits per heavy atom. The van der Waals surface area contributed by atoms with Crippen LogP contribution in [0.3, 0.4) is 0 Å². The molecule has 2 aromatic rings. The first-order valence-electron chi connectivity index (χ1n) is 6.28.